The third kappa shape index (κ3) is 10.4. The summed E-state index contributed by atoms with van der Waals surface area (Å²) in [6.45, 7) is 13.3. The summed E-state index contributed by atoms with van der Waals surface area (Å²) in [5.41, 5.74) is -0.514. The van der Waals surface area contributed by atoms with Crippen LogP contribution >= 0.6 is 15.9 Å². The third-order valence-electron chi connectivity index (χ3n) is 5.95. The van der Waals surface area contributed by atoms with Gasteiger partial charge in [-0.25, -0.2) is 9.59 Å². The molecule has 12 heteroatoms. The SMILES string of the molecule is CC(C)(C)OC(=O)N1CC[C@H]1COc1cncc(Br)c1.CC(C)(C)OC(=O)N1CC[C@H]1COc1cncc(C#N)c1. The lowest BCUT2D eigenvalue weighted by Crippen LogP contribution is -2.55. The van der Waals surface area contributed by atoms with Gasteiger partial charge in [0, 0.05) is 36.0 Å². The summed E-state index contributed by atoms with van der Waals surface area (Å²) in [5.74, 6) is 1.22. The van der Waals surface area contributed by atoms with Gasteiger partial charge >= 0.3 is 12.2 Å². The van der Waals surface area contributed by atoms with E-state index in [4.69, 9.17) is 24.2 Å². The second kappa shape index (κ2) is 13.9. The van der Waals surface area contributed by atoms with Gasteiger partial charge in [-0.1, -0.05) is 0 Å². The Morgan fingerprint density at radius 1 is 0.854 bits per heavy atom. The molecule has 0 unspecified atom stereocenters. The lowest BCUT2D eigenvalue weighted by molar-refractivity contribution is -0.0149. The van der Waals surface area contributed by atoms with Crippen LogP contribution in [0.1, 0.15) is 59.9 Å². The molecule has 0 aromatic carbocycles. The minimum atomic E-state index is -0.497. The van der Waals surface area contributed by atoms with E-state index in [1.165, 1.54) is 6.20 Å². The van der Waals surface area contributed by atoms with Gasteiger partial charge in [-0.2, -0.15) is 5.26 Å². The smallest absolute Gasteiger partial charge is 0.410 e. The Kier molecular flexibility index (Phi) is 10.8. The predicted octanol–water partition coefficient (Wildman–Crippen LogP) is 5.57. The van der Waals surface area contributed by atoms with E-state index in [0.717, 1.165) is 23.9 Å². The molecule has 2 amide bonds. The van der Waals surface area contributed by atoms with Crippen molar-refractivity contribution in [2.45, 2.75) is 77.7 Å². The standard InChI is InChI=1S/C15H19N3O3.C14H19BrN2O3/c1-15(2,3)21-14(19)18-5-4-12(18)10-20-13-6-11(7-16)8-17-9-13;1-14(2,3)20-13(18)17-5-4-11(17)9-19-12-6-10(15)7-16-8-12/h6,8-9,12H,4-5,10H2,1-3H3;6-8,11H,4-5,9H2,1-3H3/t12-;11-/m00/s1. The minimum Gasteiger partial charge on any atom is -0.490 e. The summed E-state index contributed by atoms with van der Waals surface area (Å²) >= 11 is 3.34. The first kappa shape index (κ1) is 31.9. The van der Waals surface area contributed by atoms with Gasteiger partial charge in [0.2, 0.25) is 0 Å². The summed E-state index contributed by atoms with van der Waals surface area (Å²) < 4.78 is 22.8. The highest BCUT2D eigenvalue weighted by Gasteiger charge is 2.36. The van der Waals surface area contributed by atoms with Crippen LogP contribution < -0.4 is 9.47 Å². The molecule has 222 valence electrons. The van der Waals surface area contributed by atoms with Crippen molar-refractivity contribution in [2.24, 2.45) is 0 Å². The fraction of sp³-hybridized carbons (Fsp3) is 0.552. The first-order valence-electron chi connectivity index (χ1n) is 13.4. The van der Waals surface area contributed by atoms with Crippen LogP contribution in [0.2, 0.25) is 0 Å². The molecule has 0 bridgehead atoms. The zero-order valence-corrected chi connectivity index (χ0v) is 26.0. The van der Waals surface area contributed by atoms with Crippen molar-refractivity contribution < 1.29 is 28.5 Å². The van der Waals surface area contributed by atoms with Crippen LogP contribution in [0.25, 0.3) is 0 Å². The van der Waals surface area contributed by atoms with Crippen LogP contribution in [0.3, 0.4) is 0 Å². The Hall–Kier alpha value is -3.59. The molecule has 2 aromatic rings. The number of nitriles is 1. The molecule has 0 N–H and O–H groups in total. The Morgan fingerprint density at radius 2 is 1.32 bits per heavy atom. The molecular weight excluding hydrogens is 594 g/mol. The van der Waals surface area contributed by atoms with E-state index in [1.807, 2.05) is 53.7 Å². The first-order valence-corrected chi connectivity index (χ1v) is 14.2. The van der Waals surface area contributed by atoms with Crippen molar-refractivity contribution >= 4 is 28.1 Å². The fourth-order valence-corrected chi connectivity index (χ4v) is 4.11. The van der Waals surface area contributed by atoms with Crippen molar-refractivity contribution in [3.63, 3.8) is 0 Å². The fourth-order valence-electron chi connectivity index (χ4n) is 3.77. The highest BCUT2D eigenvalue weighted by Crippen LogP contribution is 2.24. The number of hydrogen-bond acceptors (Lipinski definition) is 9. The number of halogens is 1. The van der Waals surface area contributed by atoms with Crippen LogP contribution in [0, 0.1) is 11.3 Å². The lowest BCUT2D eigenvalue weighted by Gasteiger charge is -2.40. The Labute approximate surface area is 249 Å². The Morgan fingerprint density at radius 3 is 1.71 bits per heavy atom. The van der Waals surface area contributed by atoms with Gasteiger partial charge in [0.1, 0.15) is 42.0 Å². The van der Waals surface area contributed by atoms with Crippen LogP contribution in [0.4, 0.5) is 9.59 Å². The number of rotatable bonds is 6. The average molecular weight is 633 g/mol. The van der Waals surface area contributed by atoms with Crippen LogP contribution in [0.5, 0.6) is 11.5 Å². The van der Waals surface area contributed by atoms with E-state index in [1.54, 1.807) is 34.5 Å². The van der Waals surface area contributed by atoms with Crippen molar-refractivity contribution in [1.82, 2.24) is 19.8 Å². The van der Waals surface area contributed by atoms with Crippen LogP contribution in [-0.4, -0.2) is 81.5 Å². The second-order valence-corrected chi connectivity index (χ2v) is 12.6. The average Bonchev–Trinajstić information content (AvgIpc) is 2.81. The number of ether oxygens (including phenoxy) is 4. The van der Waals surface area contributed by atoms with Gasteiger partial charge < -0.3 is 28.7 Å². The van der Waals surface area contributed by atoms with E-state index in [0.29, 0.717) is 36.8 Å². The minimum absolute atomic E-state index is 0.00518. The summed E-state index contributed by atoms with van der Waals surface area (Å²) in [6, 6.07) is 5.57. The largest absolute Gasteiger partial charge is 0.490 e. The molecule has 4 rings (SSSR count). The molecule has 0 radical (unpaired) electrons. The molecular formula is C29H38BrN5O6. The highest BCUT2D eigenvalue weighted by atomic mass is 79.9. The Bertz CT molecular complexity index is 1240. The van der Waals surface area contributed by atoms with Gasteiger partial charge in [-0.15, -0.1) is 0 Å². The zero-order chi connectivity index (χ0) is 30.2. The number of likely N-dealkylation sites (tertiary alicyclic amines) is 2. The number of aromatic nitrogens is 2. The number of hydrogen-bond donors (Lipinski definition) is 0. The monoisotopic (exact) mass is 631 g/mol. The number of nitrogens with zero attached hydrogens (tertiary/aromatic N) is 5. The maximum absolute atomic E-state index is 12.0. The van der Waals surface area contributed by atoms with E-state index in [-0.39, 0.29) is 24.3 Å². The highest BCUT2D eigenvalue weighted by molar-refractivity contribution is 9.10. The van der Waals surface area contributed by atoms with E-state index in [9.17, 15) is 9.59 Å². The first-order chi connectivity index (χ1) is 19.2. The van der Waals surface area contributed by atoms with Gasteiger partial charge in [-0.3, -0.25) is 9.97 Å². The second-order valence-electron chi connectivity index (χ2n) is 11.7. The molecule has 0 saturated carbocycles. The predicted molar refractivity (Wildman–Crippen MR) is 155 cm³/mol. The maximum Gasteiger partial charge on any atom is 0.410 e. The molecule has 0 spiro atoms. The normalized spacial score (nSPS) is 18.0. The van der Waals surface area contributed by atoms with Gasteiger partial charge in [0.05, 0.1) is 30.0 Å². The molecule has 41 heavy (non-hydrogen) atoms. The summed E-state index contributed by atoms with van der Waals surface area (Å²) in [7, 11) is 0. The van der Waals surface area contributed by atoms with Gasteiger partial charge in [-0.05, 0) is 76.4 Å². The number of carbonyl (C=O) groups is 2. The molecule has 0 aliphatic carbocycles. The van der Waals surface area contributed by atoms with Crippen LogP contribution in [-0.2, 0) is 9.47 Å². The van der Waals surface area contributed by atoms with Crippen molar-refractivity contribution in [3.05, 3.63) is 47.0 Å². The van der Waals surface area contributed by atoms with Crippen LogP contribution in [0.15, 0.2) is 41.4 Å². The quantitative estimate of drug-likeness (QED) is 0.401. The molecule has 2 fully saturated rings. The molecule has 2 atom stereocenters. The van der Waals surface area contributed by atoms with E-state index < -0.39 is 11.2 Å². The zero-order valence-electron chi connectivity index (χ0n) is 24.4. The molecule has 2 aliphatic rings. The number of carbonyl (C=O) groups excluding carboxylic acids is 2. The number of amides is 2. The molecule has 2 aromatic heterocycles. The van der Waals surface area contributed by atoms with Gasteiger partial charge in [0.25, 0.3) is 0 Å². The van der Waals surface area contributed by atoms with Crippen molar-refractivity contribution in [3.8, 4) is 17.6 Å². The summed E-state index contributed by atoms with van der Waals surface area (Å²) in [4.78, 5) is 35.2. The summed E-state index contributed by atoms with van der Waals surface area (Å²) in [5, 5.41) is 8.80. The lowest BCUT2D eigenvalue weighted by atomic mass is 10.1. The topological polar surface area (TPSA) is 127 Å². The summed E-state index contributed by atoms with van der Waals surface area (Å²) in [6.07, 6.45) is 7.60. The third-order valence-corrected chi connectivity index (χ3v) is 6.38. The maximum atomic E-state index is 12.0. The van der Waals surface area contributed by atoms with E-state index in [2.05, 4.69) is 25.9 Å². The molecule has 2 saturated heterocycles. The molecule has 11 nitrogen and oxygen atoms in total. The van der Waals surface area contributed by atoms with E-state index >= 15 is 0 Å². The van der Waals surface area contributed by atoms with Gasteiger partial charge in [0.15, 0.2) is 0 Å². The molecule has 4 heterocycles. The van der Waals surface area contributed by atoms with Crippen molar-refractivity contribution in [1.29, 1.82) is 5.26 Å². The Balaban J connectivity index is 0.000000226. The molecule has 2 aliphatic heterocycles. The number of pyridine rings is 2. The van der Waals surface area contributed by atoms with Crippen molar-refractivity contribution in [2.75, 3.05) is 26.3 Å².